The van der Waals surface area contributed by atoms with Gasteiger partial charge in [0.15, 0.2) is 5.84 Å². The molecule has 0 unspecified atom stereocenters. The van der Waals surface area contributed by atoms with Crippen LogP contribution in [0.4, 0.5) is 0 Å². The lowest BCUT2D eigenvalue weighted by Crippen LogP contribution is -2.31. The van der Waals surface area contributed by atoms with E-state index in [4.69, 9.17) is 11.1 Å². The zero-order chi connectivity index (χ0) is 6.73. The van der Waals surface area contributed by atoms with E-state index >= 15 is 0 Å². The van der Waals surface area contributed by atoms with Gasteiger partial charge in [-0.3, -0.25) is 15.5 Å². The Morgan fingerprint density at radius 1 is 2.00 bits per heavy atom. The lowest BCUT2D eigenvalue weighted by atomic mass is 10.3. The van der Waals surface area contributed by atoms with E-state index < -0.39 is 16.8 Å². The summed E-state index contributed by atoms with van der Waals surface area (Å²) >= 11 is 0. The van der Waals surface area contributed by atoms with Gasteiger partial charge in [0.1, 0.15) is 0 Å². The van der Waals surface area contributed by atoms with Crippen molar-refractivity contribution in [3.05, 3.63) is 10.1 Å². The van der Waals surface area contributed by atoms with Crippen molar-refractivity contribution < 1.29 is 4.92 Å². The van der Waals surface area contributed by atoms with Crippen molar-refractivity contribution in [2.75, 3.05) is 0 Å². The summed E-state index contributed by atoms with van der Waals surface area (Å²) in [5.74, 6) is -0.407. The van der Waals surface area contributed by atoms with Crippen LogP contribution in [0, 0.1) is 15.5 Å². The molecule has 1 atom stereocenters. The highest BCUT2D eigenvalue weighted by Gasteiger charge is 2.14. The van der Waals surface area contributed by atoms with E-state index in [-0.39, 0.29) is 0 Å². The first-order valence-corrected chi connectivity index (χ1v) is 2.03. The number of amidine groups is 1. The minimum absolute atomic E-state index is 0.407. The molecule has 0 aliphatic heterocycles. The van der Waals surface area contributed by atoms with Crippen molar-refractivity contribution in [3.63, 3.8) is 0 Å². The summed E-state index contributed by atoms with van der Waals surface area (Å²) in [4.78, 5) is 9.12. The first-order chi connectivity index (χ1) is 3.55. The molecule has 0 heterocycles. The van der Waals surface area contributed by atoms with Gasteiger partial charge in [-0.1, -0.05) is 0 Å². The van der Waals surface area contributed by atoms with Crippen molar-refractivity contribution in [2.45, 2.75) is 13.0 Å². The summed E-state index contributed by atoms with van der Waals surface area (Å²) in [5, 5.41) is 16.3. The number of rotatable bonds is 2. The van der Waals surface area contributed by atoms with Crippen LogP contribution in [0.1, 0.15) is 6.92 Å². The molecule has 46 valence electrons. The molecule has 0 aromatic heterocycles. The summed E-state index contributed by atoms with van der Waals surface area (Å²) in [6.07, 6.45) is 0. The van der Waals surface area contributed by atoms with Crippen LogP contribution >= 0.6 is 0 Å². The van der Waals surface area contributed by atoms with E-state index in [0.717, 1.165) is 0 Å². The van der Waals surface area contributed by atoms with Crippen LogP contribution < -0.4 is 5.73 Å². The van der Waals surface area contributed by atoms with Crippen LogP contribution in [0.3, 0.4) is 0 Å². The van der Waals surface area contributed by atoms with E-state index in [1.165, 1.54) is 6.92 Å². The van der Waals surface area contributed by atoms with Crippen molar-refractivity contribution in [1.82, 2.24) is 0 Å². The molecule has 0 rings (SSSR count). The van der Waals surface area contributed by atoms with Gasteiger partial charge in [0, 0.05) is 11.8 Å². The maximum Gasteiger partial charge on any atom is 0.265 e. The van der Waals surface area contributed by atoms with Gasteiger partial charge < -0.3 is 5.73 Å². The fraction of sp³-hybridized carbons (Fsp3) is 0.667. The van der Waals surface area contributed by atoms with Crippen LogP contribution in [-0.2, 0) is 0 Å². The molecule has 5 nitrogen and oxygen atoms in total. The van der Waals surface area contributed by atoms with Gasteiger partial charge in [-0.05, 0) is 0 Å². The van der Waals surface area contributed by atoms with E-state index in [1.54, 1.807) is 0 Å². The molecule has 0 saturated carbocycles. The highest BCUT2D eigenvalue weighted by Crippen LogP contribution is 1.83. The predicted molar refractivity (Wildman–Crippen MR) is 28.4 cm³/mol. The Balaban J connectivity index is 3.83. The number of hydrogen-bond acceptors (Lipinski definition) is 3. The van der Waals surface area contributed by atoms with Crippen molar-refractivity contribution in [2.24, 2.45) is 5.73 Å². The summed E-state index contributed by atoms with van der Waals surface area (Å²) in [7, 11) is 0. The van der Waals surface area contributed by atoms with Crippen molar-refractivity contribution >= 4 is 5.84 Å². The average Bonchev–Trinajstić information content (AvgIpc) is 1.64. The van der Waals surface area contributed by atoms with Crippen LogP contribution in [0.25, 0.3) is 0 Å². The lowest BCUT2D eigenvalue weighted by molar-refractivity contribution is -0.498. The summed E-state index contributed by atoms with van der Waals surface area (Å²) in [6, 6.07) is -1.05. The molecule has 0 aromatic rings. The maximum absolute atomic E-state index is 9.73. The highest BCUT2D eigenvalue weighted by molar-refractivity contribution is 5.80. The van der Waals surface area contributed by atoms with Gasteiger partial charge in [0.25, 0.3) is 6.04 Å². The Bertz CT molecular complexity index is 108. The molecule has 0 saturated heterocycles. The molecule has 8 heavy (non-hydrogen) atoms. The topological polar surface area (TPSA) is 93.0 Å². The second-order valence-corrected chi connectivity index (χ2v) is 1.42. The Labute approximate surface area is 46.1 Å². The molecule has 0 spiro atoms. The molecule has 0 amide bonds. The SMILES string of the molecule is C[C@H](C(=N)N)[N+](=O)[O-]. The van der Waals surface area contributed by atoms with Gasteiger partial charge in [-0.2, -0.15) is 0 Å². The highest BCUT2D eigenvalue weighted by atomic mass is 16.6. The molecule has 0 radical (unpaired) electrons. The Morgan fingerprint density at radius 3 is 2.38 bits per heavy atom. The molecular weight excluding hydrogens is 110 g/mol. The van der Waals surface area contributed by atoms with Crippen molar-refractivity contribution in [1.29, 1.82) is 5.41 Å². The first kappa shape index (κ1) is 6.87. The zero-order valence-corrected chi connectivity index (χ0v) is 4.42. The molecule has 0 bridgehead atoms. The monoisotopic (exact) mass is 117 g/mol. The Morgan fingerprint density at radius 2 is 2.38 bits per heavy atom. The minimum atomic E-state index is -1.05. The summed E-state index contributed by atoms with van der Waals surface area (Å²) in [6.45, 7) is 1.27. The fourth-order valence-electron chi connectivity index (χ4n) is 0.114. The molecule has 0 aromatic carbocycles. The van der Waals surface area contributed by atoms with Gasteiger partial charge >= 0.3 is 0 Å². The van der Waals surface area contributed by atoms with E-state index in [9.17, 15) is 10.1 Å². The standard InChI is InChI=1S/C3H7N3O2/c1-2(3(4)5)6(7)8/h2H,1H3,(H3,4,5)/t2-/m1/s1. The molecular formula is C3H7N3O2. The maximum atomic E-state index is 9.73. The summed E-state index contributed by atoms with van der Waals surface area (Å²) in [5.41, 5.74) is 4.78. The lowest BCUT2D eigenvalue weighted by Gasteiger charge is -1.97. The van der Waals surface area contributed by atoms with Crippen LogP contribution in [0.5, 0.6) is 0 Å². The molecule has 5 heteroatoms. The quantitative estimate of drug-likeness (QED) is 0.223. The van der Waals surface area contributed by atoms with Gasteiger partial charge in [-0.25, -0.2) is 0 Å². The van der Waals surface area contributed by atoms with Crippen LogP contribution in [0.15, 0.2) is 0 Å². The van der Waals surface area contributed by atoms with Crippen LogP contribution in [0.2, 0.25) is 0 Å². The number of nitrogens with two attached hydrogens (primary N) is 1. The molecule has 3 N–H and O–H groups in total. The number of nitrogens with zero attached hydrogens (tertiary/aromatic N) is 1. The van der Waals surface area contributed by atoms with Gasteiger partial charge in [-0.15, -0.1) is 0 Å². The largest absolute Gasteiger partial charge is 0.382 e. The number of hydrogen-bond donors (Lipinski definition) is 2. The summed E-state index contributed by atoms with van der Waals surface area (Å²) < 4.78 is 0. The van der Waals surface area contributed by atoms with E-state index in [2.05, 4.69) is 0 Å². The normalized spacial score (nSPS) is 12.6. The first-order valence-electron chi connectivity index (χ1n) is 2.03. The second-order valence-electron chi connectivity index (χ2n) is 1.42. The average molecular weight is 117 g/mol. The zero-order valence-electron chi connectivity index (χ0n) is 4.42. The van der Waals surface area contributed by atoms with Gasteiger partial charge in [0.2, 0.25) is 0 Å². The molecule has 0 aliphatic rings. The predicted octanol–water partition coefficient (Wildman–Crippen LogP) is -0.412. The van der Waals surface area contributed by atoms with E-state index in [1.807, 2.05) is 0 Å². The van der Waals surface area contributed by atoms with E-state index in [0.29, 0.717) is 0 Å². The number of nitrogens with one attached hydrogen (secondary N) is 1. The fourth-order valence-corrected chi connectivity index (χ4v) is 0.114. The smallest absolute Gasteiger partial charge is 0.265 e. The second kappa shape index (κ2) is 2.25. The Kier molecular flexibility index (Phi) is 1.93. The van der Waals surface area contributed by atoms with Crippen LogP contribution in [-0.4, -0.2) is 16.8 Å². The number of nitro groups is 1. The van der Waals surface area contributed by atoms with Crippen molar-refractivity contribution in [3.8, 4) is 0 Å². The molecule has 0 fully saturated rings. The van der Waals surface area contributed by atoms with Gasteiger partial charge in [0.05, 0.1) is 0 Å². The third-order valence-corrected chi connectivity index (χ3v) is 0.766. The third kappa shape index (κ3) is 1.55. The third-order valence-electron chi connectivity index (χ3n) is 0.766. The minimum Gasteiger partial charge on any atom is -0.382 e. The molecule has 0 aliphatic carbocycles. The Hall–Kier alpha value is -1.13.